The van der Waals surface area contributed by atoms with Crippen molar-refractivity contribution in [3.63, 3.8) is 0 Å². The van der Waals surface area contributed by atoms with Crippen LogP contribution in [0.1, 0.15) is 0 Å². The lowest BCUT2D eigenvalue weighted by atomic mass is 10.6. The van der Waals surface area contributed by atoms with E-state index in [1.54, 1.807) is 0 Å². The molecule has 0 saturated carbocycles. The van der Waals surface area contributed by atoms with Crippen molar-refractivity contribution < 1.29 is 5.11 Å². The normalized spacial score (nSPS) is 38.6. The second kappa shape index (κ2) is 1.31. The topological polar surface area (TPSA) is 57.0 Å². The Morgan fingerprint density at radius 3 is 2.71 bits per heavy atom. The predicted molar refractivity (Wildman–Crippen MR) is 23.7 cm³/mol. The monoisotopic (exact) mass is 121 g/mol. The zero-order valence-electron chi connectivity index (χ0n) is 3.43. The van der Waals surface area contributed by atoms with Crippen molar-refractivity contribution in [3.05, 3.63) is 0 Å². The van der Waals surface area contributed by atoms with Crippen LogP contribution < -0.4 is 5.43 Å². The van der Waals surface area contributed by atoms with Crippen molar-refractivity contribution >= 4 is 11.6 Å². The Hall–Kier alpha value is -0.350. The highest BCUT2D eigenvalue weighted by Gasteiger charge is 2.25. The SMILES string of the molecule is OC1(Cl)CN=NN1. The van der Waals surface area contributed by atoms with Gasteiger partial charge in [-0.15, -0.1) is 0 Å². The summed E-state index contributed by atoms with van der Waals surface area (Å²) in [7, 11) is 0. The summed E-state index contributed by atoms with van der Waals surface area (Å²) in [5, 5.41) is 13.8. The molecule has 0 saturated heterocycles. The molecule has 1 atom stereocenters. The van der Waals surface area contributed by atoms with E-state index in [4.69, 9.17) is 16.7 Å². The van der Waals surface area contributed by atoms with Gasteiger partial charge in [-0.05, 0) is 0 Å². The molecule has 1 heterocycles. The molecule has 2 N–H and O–H groups in total. The maximum atomic E-state index is 8.66. The van der Waals surface area contributed by atoms with Gasteiger partial charge < -0.3 is 5.11 Å². The zero-order valence-corrected chi connectivity index (χ0v) is 4.18. The van der Waals surface area contributed by atoms with E-state index in [0.29, 0.717) is 0 Å². The summed E-state index contributed by atoms with van der Waals surface area (Å²) in [5.41, 5.74) is 2.18. The Kier molecular flexibility index (Phi) is 0.900. The first-order valence-electron chi connectivity index (χ1n) is 1.76. The number of nitrogens with one attached hydrogen (secondary N) is 1. The van der Waals surface area contributed by atoms with Crippen LogP contribution in [0.3, 0.4) is 0 Å². The molecule has 1 unspecified atom stereocenters. The van der Waals surface area contributed by atoms with Gasteiger partial charge in [-0.3, -0.25) is 0 Å². The molecule has 7 heavy (non-hydrogen) atoms. The summed E-state index contributed by atoms with van der Waals surface area (Å²) in [5.74, 6) is 0. The van der Waals surface area contributed by atoms with Crippen LogP contribution in [0.15, 0.2) is 10.3 Å². The Balaban J connectivity index is 2.49. The van der Waals surface area contributed by atoms with Crippen molar-refractivity contribution in [2.75, 3.05) is 6.54 Å². The molecule has 0 aromatic heterocycles. The van der Waals surface area contributed by atoms with Crippen LogP contribution in [0, 0.1) is 0 Å². The average Bonchev–Trinajstić information content (AvgIpc) is 1.84. The minimum absolute atomic E-state index is 0.120. The van der Waals surface area contributed by atoms with E-state index in [9.17, 15) is 0 Å². The Morgan fingerprint density at radius 2 is 2.57 bits per heavy atom. The fourth-order valence-electron chi connectivity index (χ4n) is 0.276. The fourth-order valence-corrected chi connectivity index (χ4v) is 0.368. The van der Waals surface area contributed by atoms with E-state index < -0.39 is 5.18 Å². The van der Waals surface area contributed by atoms with Gasteiger partial charge in [-0.1, -0.05) is 16.8 Å². The van der Waals surface area contributed by atoms with Gasteiger partial charge in [0.25, 0.3) is 5.18 Å². The molecule has 0 amide bonds. The summed E-state index contributed by atoms with van der Waals surface area (Å²) < 4.78 is 0. The molecule has 5 heteroatoms. The second-order valence-corrected chi connectivity index (χ2v) is 1.90. The molecule has 0 spiro atoms. The predicted octanol–water partition coefficient (Wildman–Crippen LogP) is -0.158. The highest BCUT2D eigenvalue weighted by atomic mass is 35.5. The van der Waals surface area contributed by atoms with Crippen molar-refractivity contribution in [2.24, 2.45) is 10.3 Å². The smallest absolute Gasteiger partial charge is 0.252 e. The highest BCUT2D eigenvalue weighted by Crippen LogP contribution is 2.10. The lowest BCUT2D eigenvalue weighted by Crippen LogP contribution is -2.34. The molecule has 1 rings (SSSR count). The Bertz CT molecular complexity index is 91.1. The lowest BCUT2D eigenvalue weighted by Gasteiger charge is -2.07. The van der Waals surface area contributed by atoms with E-state index in [1.165, 1.54) is 0 Å². The third-order valence-electron chi connectivity index (χ3n) is 0.572. The van der Waals surface area contributed by atoms with E-state index in [-0.39, 0.29) is 6.54 Å². The first-order chi connectivity index (χ1) is 3.21. The van der Waals surface area contributed by atoms with Crippen LogP contribution in [-0.2, 0) is 0 Å². The Morgan fingerprint density at radius 1 is 1.86 bits per heavy atom. The van der Waals surface area contributed by atoms with E-state index in [1.807, 2.05) is 0 Å². The summed E-state index contributed by atoms with van der Waals surface area (Å²) >= 11 is 5.22. The number of hydrogen-bond donors (Lipinski definition) is 2. The van der Waals surface area contributed by atoms with Crippen molar-refractivity contribution in [1.29, 1.82) is 0 Å². The molecule has 1 aliphatic rings. The molecule has 0 aromatic rings. The van der Waals surface area contributed by atoms with Crippen molar-refractivity contribution in [1.82, 2.24) is 5.43 Å². The van der Waals surface area contributed by atoms with E-state index >= 15 is 0 Å². The van der Waals surface area contributed by atoms with E-state index in [0.717, 1.165) is 0 Å². The molecule has 40 valence electrons. The summed E-state index contributed by atoms with van der Waals surface area (Å²) in [6.07, 6.45) is 0. The first kappa shape index (κ1) is 4.80. The standard InChI is InChI=1S/C2H4ClN3O/c3-2(7)1-4-6-5-2/h7H,1H2,(H,4,5). The van der Waals surface area contributed by atoms with Crippen molar-refractivity contribution in [2.45, 2.75) is 5.18 Å². The number of halogens is 1. The molecule has 0 fully saturated rings. The van der Waals surface area contributed by atoms with Gasteiger partial charge in [0.15, 0.2) is 0 Å². The molecule has 1 aliphatic heterocycles. The number of aliphatic hydroxyl groups is 1. The largest absolute Gasteiger partial charge is 0.356 e. The Labute approximate surface area is 45.2 Å². The maximum Gasteiger partial charge on any atom is 0.252 e. The van der Waals surface area contributed by atoms with Crippen LogP contribution in [0.25, 0.3) is 0 Å². The minimum Gasteiger partial charge on any atom is -0.356 e. The molecule has 0 radical (unpaired) electrons. The third kappa shape index (κ3) is 1.01. The van der Waals surface area contributed by atoms with Crippen LogP contribution in [0.5, 0.6) is 0 Å². The molecular formula is C2H4ClN3O. The zero-order chi connectivity index (χ0) is 5.33. The second-order valence-electron chi connectivity index (χ2n) is 1.27. The molecule has 0 bridgehead atoms. The van der Waals surface area contributed by atoms with Crippen molar-refractivity contribution in [3.8, 4) is 0 Å². The van der Waals surface area contributed by atoms with Crippen LogP contribution in [0.4, 0.5) is 0 Å². The third-order valence-corrected chi connectivity index (χ3v) is 0.776. The van der Waals surface area contributed by atoms with Crippen LogP contribution in [0.2, 0.25) is 0 Å². The minimum atomic E-state index is -1.42. The molecule has 4 nitrogen and oxygen atoms in total. The first-order valence-corrected chi connectivity index (χ1v) is 2.13. The molecule has 0 aliphatic carbocycles. The van der Waals surface area contributed by atoms with Gasteiger partial charge >= 0.3 is 0 Å². The lowest BCUT2D eigenvalue weighted by molar-refractivity contribution is 0.120. The van der Waals surface area contributed by atoms with Gasteiger partial charge in [-0.25, -0.2) is 5.43 Å². The quantitative estimate of drug-likeness (QED) is 0.346. The summed E-state index contributed by atoms with van der Waals surface area (Å²) in [6, 6.07) is 0. The van der Waals surface area contributed by atoms with Gasteiger partial charge in [-0.2, -0.15) is 5.11 Å². The fraction of sp³-hybridized carbons (Fsp3) is 1.00. The van der Waals surface area contributed by atoms with Gasteiger partial charge in [0, 0.05) is 0 Å². The molecular weight excluding hydrogens is 117 g/mol. The van der Waals surface area contributed by atoms with Gasteiger partial charge in [0.1, 0.15) is 6.54 Å². The maximum absolute atomic E-state index is 8.66. The number of rotatable bonds is 0. The number of nitrogens with zero attached hydrogens (tertiary/aromatic N) is 2. The summed E-state index contributed by atoms with van der Waals surface area (Å²) in [4.78, 5) is 0. The van der Waals surface area contributed by atoms with Gasteiger partial charge in [0.05, 0.1) is 0 Å². The average molecular weight is 122 g/mol. The molecule has 0 aromatic carbocycles. The number of hydrogen-bond acceptors (Lipinski definition) is 4. The van der Waals surface area contributed by atoms with Crippen LogP contribution in [-0.4, -0.2) is 16.8 Å². The van der Waals surface area contributed by atoms with E-state index in [2.05, 4.69) is 15.8 Å². The summed E-state index contributed by atoms with van der Waals surface area (Å²) in [6.45, 7) is 0.120. The number of alkyl halides is 1. The van der Waals surface area contributed by atoms with Crippen LogP contribution >= 0.6 is 11.6 Å². The highest BCUT2D eigenvalue weighted by molar-refractivity contribution is 6.22. The van der Waals surface area contributed by atoms with Gasteiger partial charge in [0.2, 0.25) is 0 Å².